The van der Waals surface area contributed by atoms with E-state index >= 15 is 0 Å². The first-order chi connectivity index (χ1) is 7.21. The van der Waals surface area contributed by atoms with Gasteiger partial charge in [0.1, 0.15) is 6.23 Å². The Hall–Kier alpha value is -0.980. The summed E-state index contributed by atoms with van der Waals surface area (Å²) in [7, 11) is 0. The van der Waals surface area contributed by atoms with Gasteiger partial charge in [-0.25, -0.2) is 0 Å². The van der Waals surface area contributed by atoms with Crippen LogP contribution in [-0.2, 0) is 4.74 Å². The van der Waals surface area contributed by atoms with Crippen LogP contribution < -0.4 is 5.32 Å². The van der Waals surface area contributed by atoms with E-state index in [4.69, 9.17) is 4.74 Å². The SMILES string of the molecule is FC(F)(F)C(=C=CC1NCCO1)C(F)(F)F. The summed E-state index contributed by atoms with van der Waals surface area (Å²) in [5.74, 6) is 0. The van der Waals surface area contributed by atoms with Crippen molar-refractivity contribution in [1.29, 1.82) is 0 Å². The van der Waals surface area contributed by atoms with Crippen LogP contribution in [0.5, 0.6) is 0 Å². The molecule has 1 aliphatic heterocycles. The average molecular weight is 247 g/mol. The van der Waals surface area contributed by atoms with E-state index in [0.29, 0.717) is 12.6 Å². The molecule has 0 amide bonds. The first kappa shape index (κ1) is 13.1. The number of alkyl halides is 6. The Morgan fingerprint density at radius 2 is 1.75 bits per heavy atom. The summed E-state index contributed by atoms with van der Waals surface area (Å²) in [6, 6.07) is 0. The molecule has 0 saturated carbocycles. The Morgan fingerprint density at radius 1 is 1.19 bits per heavy atom. The standard InChI is InChI=1S/C8H7F6NO/c9-7(10,11)5(8(12,13)14)1-2-6-15-3-4-16-6/h2,6,15H,3-4H2. The molecule has 0 bridgehead atoms. The van der Waals surface area contributed by atoms with Gasteiger partial charge in [-0.2, -0.15) is 26.3 Å². The third kappa shape index (κ3) is 3.55. The van der Waals surface area contributed by atoms with E-state index in [0.717, 1.165) is 0 Å². The maximum atomic E-state index is 12.0. The number of rotatable bonds is 1. The van der Waals surface area contributed by atoms with Gasteiger partial charge < -0.3 is 4.74 Å². The minimum absolute atomic E-state index is 0.232. The van der Waals surface area contributed by atoms with Gasteiger partial charge in [0.25, 0.3) is 0 Å². The fourth-order valence-corrected chi connectivity index (χ4v) is 1.04. The normalized spacial score (nSPS) is 21.8. The van der Waals surface area contributed by atoms with Crippen LogP contribution in [0.3, 0.4) is 0 Å². The highest BCUT2D eigenvalue weighted by Gasteiger charge is 2.51. The van der Waals surface area contributed by atoms with Crippen molar-refractivity contribution in [3.8, 4) is 0 Å². The van der Waals surface area contributed by atoms with Crippen molar-refractivity contribution in [3.05, 3.63) is 17.4 Å². The Kier molecular flexibility index (Phi) is 3.67. The molecular formula is C8H7F6NO. The molecule has 16 heavy (non-hydrogen) atoms. The molecular weight excluding hydrogens is 240 g/mol. The molecule has 1 N–H and O–H groups in total. The fraction of sp³-hybridized carbons (Fsp3) is 0.625. The predicted molar refractivity (Wildman–Crippen MR) is 41.4 cm³/mol. The van der Waals surface area contributed by atoms with Gasteiger partial charge in [0.15, 0.2) is 5.57 Å². The molecule has 1 fully saturated rings. The Labute approximate surface area is 86.6 Å². The van der Waals surface area contributed by atoms with Gasteiger partial charge in [-0.3, -0.25) is 5.32 Å². The van der Waals surface area contributed by atoms with Crippen molar-refractivity contribution in [1.82, 2.24) is 5.32 Å². The molecule has 0 aliphatic carbocycles. The van der Waals surface area contributed by atoms with Gasteiger partial charge in [-0.05, 0) is 0 Å². The maximum Gasteiger partial charge on any atom is 0.428 e. The Balaban J connectivity index is 2.96. The van der Waals surface area contributed by atoms with Gasteiger partial charge in [-0.1, -0.05) is 0 Å². The summed E-state index contributed by atoms with van der Waals surface area (Å²) in [6.45, 7) is 0.604. The minimum Gasteiger partial charge on any atom is -0.358 e. The van der Waals surface area contributed by atoms with Crippen molar-refractivity contribution in [2.75, 3.05) is 13.2 Å². The van der Waals surface area contributed by atoms with Crippen molar-refractivity contribution < 1.29 is 31.1 Å². The third-order valence-corrected chi connectivity index (χ3v) is 1.69. The zero-order valence-corrected chi connectivity index (χ0v) is 7.74. The van der Waals surface area contributed by atoms with Crippen LogP contribution >= 0.6 is 0 Å². The molecule has 92 valence electrons. The first-order valence-electron chi connectivity index (χ1n) is 4.17. The van der Waals surface area contributed by atoms with E-state index in [1.165, 1.54) is 5.73 Å². The van der Waals surface area contributed by atoms with E-state index in [2.05, 4.69) is 5.32 Å². The van der Waals surface area contributed by atoms with Gasteiger partial charge in [0, 0.05) is 12.6 Å². The number of hydrogen-bond donors (Lipinski definition) is 1. The maximum absolute atomic E-state index is 12.0. The lowest BCUT2D eigenvalue weighted by Gasteiger charge is -2.12. The summed E-state index contributed by atoms with van der Waals surface area (Å²) in [4.78, 5) is 0. The van der Waals surface area contributed by atoms with Crippen LogP contribution in [-0.4, -0.2) is 31.7 Å². The largest absolute Gasteiger partial charge is 0.428 e. The zero-order valence-electron chi connectivity index (χ0n) is 7.74. The summed E-state index contributed by atoms with van der Waals surface area (Å²) < 4.78 is 76.7. The number of hydrogen-bond acceptors (Lipinski definition) is 2. The van der Waals surface area contributed by atoms with Crippen molar-refractivity contribution in [2.24, 2.45) is 0 Å². The number of nitrogens with one attached hydrogen (secondary N) is 1. The molecule has 0 spiro atoms. The predicted octanol–water partition coefficient (Wildman–Crippen LogP) is 2.14. The number of halogens is 6. The molecule has 2 nitrogen and oxygen atoms in total. The second-order valence-corrected chi connectivity index (χ2v) is 2.93. The molecule has 0 radical (unpaired) electrons. The molecule has 0 aromatic rings. The first-order valence-corrected chi connectivity index (χ1v) is 4.17. The van der Waals surface area contributed by atoms with Crippen LogP contribution in [0.25, 0.3) is 0 Å². The Morgan fingerprint density at radius 3 is 2.12 bits per heavy atom. The van der Waals surface area contributed by atoms with Crippen LogP contribution in [0.2, 0.25) is 0 Å². The van der Waals surface area contributed by atoms with E-state index in [9.17, 15) is 26.3 Å². The second kappa shape index (κ2) is 4.48. The van der Waals surface area contributed by atoms with Gasteiger partial charge in [0.2, 0.25) is 0 Å². The van der Waals surface area contributed by atoms with Crippen LogP contribution in [0.1, 0.15) is 0 Å². The second-order valence-electron chi connectivity index (χ2n) is 2.93. The van der Waals surface area contributed by atoms with Gasteiger partial charge in [0.05, 0.1) is 6.61 Å². The highest BCUT2D eigenvalue weighted by atomic mass is 19.4. The molecule has 0 aromatic carbocycles. The quantitative estimate of drug-likeness (QED) is 0.566. The molecule has 1 atom stereocenters. The van der Waals surface area contributed by atoms with Crippen LogP contribution in [0.4, 0.5) is 26.3 Å². The van der Waals surface area contributed by atoms with E-state index in [1.54, 1.807) is 0 Å². The summed E-state index contributed by atoms with van der Waals surface area (Å²) in [5.41, 5.74) is -1.47. The fourth-order valence-electron chi connectivity index (χ4n) is 1.04. The average Bonchev–Trinajstić information content (AvgIpc) is 2.51. The molecule has 1 saturated heterocycles. The smallest absolute Gasteiger partial charge is 0.358 e. The van der Waals surface area contributed by atoms with Gasteiger partial charge in [-0.15, -0.1) is 5.73 Å². The van der Waals surface area contributed by atoms with Gasteiger partial charge >= 0.3 is 12.4 Å². The summed E-state index contributed by atoms with van der Waals surface area (Å²) in [5, 5.41) is 2.53. The molecule has 8 heteroatoms. The summed E-state index contributed by atoms with van der Waals surface area (Å²) in [6.07, 6.45) is -11.3. The third-order valence-electron chi connectivity index (χ3n) is 1.69. The molecule has 1 unspecified atom stereocenters. The highest BCUT2D eigenvalue weighted by Crippen LogP contribution is 2.37. The lowest BCUT2D eigenvalue weighted by atomic mass is 10.2. The molecule has 1 aliphatic rings. The number of ether oxygens (including phenoxy) is 1. The van der Waals surface area contributed by atoms with Crippen LogP contribution in [0, 0.1) is 0 Å². The Bertz CT molecular complexity index is 289. The zero-order chi connectivity index (χ0) is 12.4. The highest BCUT2D eigenvalue weighted by molar-refractivity contribution is 5.15. The lowest BCUT2D eigenvalue weighted by Crippen LogP contribution is -2.26. The topological polar surface area (TPSA) is 21.3 Å². The minimum atomic E-state index is -5.48. The van der Waals surface area contributed by atoms with E-state index < -0.39 is 24.2 Å². The lowest BCUT2D eigenvalue weighted by molar-refractivity contribution is -0.171. The molecule has 1 rings (SSSR count). The van der Waals surface area contributed by atoms with E-state index in [1.807, 2.05) is 0 Å². The van der Waals surface area contributed by atoms with Crippen LogP contribution in [0.15, 0.2) is 17.4 Å². The summed E-state index contributed by atoms with van der Waals surface area (Å²) >= 11 is 0. The van der Waals surface area contributed by atoms with Crippen molar-refractivity contribution in [3.63, 3.8) is 0 Å². The van der Waals surface area contributed by atoms with Crippen molar-refractivity contribution in [2.45, 2.75) is 18.6 Å². The monoisotopic (exact) mass is 247 g/mol. The molecule has 0 aromatic heterocycles. The molecule has 1 heterocycles. The van der Waals surface area contributed by atoms with Crippen molar-refractivity contribution >= 4 is 0 Å². The van der Waals surface area contributed by atoms with E-state index in [-0.39, 0.29) is 6.61 Å².